The molecule has 0 unspecified atom stereocenters. The van der Waals surface area contributed by atoms with Crippen molar-refractivity contribution in [1.29, 1.82) is 0 Å². The smallest absolute Gasteiger partial charge is 0.407 e. The minimum atomic E-state index is -0.472. The van der Waals surface area contributed by atoms with Crippen molar-refractivity contribution in [3.05, 3.63) is 29.8 Å². The van der Waals surface area contributed by atoms with E-state index >= 15 is 0 Å². The zero-order valence-corrected chi connectivity index (χ0v) is 9.91. The third-order valence-corrected chi connectivity index (χ3v) is 1.79. The van der Waals surface area contributed by atoms with Crippen molar-refractivity contribution >= 4 is 11.8 Å². The van der Waals surface area contributed by atoms with Crippen molar-refractivity contribution in [1.82, 2.24) is 5.32 Å². The van der Waals surface area contributed by atoms with E-state index in [0.29, 0.717) is 12.2 Å². The Morgan fingerprint density at radius 3 is 2.75 bits per heavy atom. The number of amides is 1. The van der Waals surface area contributed by atoms with Gasteiger partial charge in [0, 0.05) is 15.1 Å². The summed E-state index contributed by atoms with van der Waals surface area (Å²) < 4.78 is 5.11. The number of benzene rings is 1. The molecule has 1 rings (SSSR count). The third kappa shape index (κ3) is 4.68. The van der Waals surface area contributed by atoms with Gasteiger partial charge in [0.2, 0.25) is 0 Å². The van der Waals surface area contributed by atoms with Gasteiger partial charge >= 0.3 is 6.09 Å². The van der Waals surface area contributed by atoms with E-state index in [4.69, 9.17) is 10.5 Å². The van der Waals surface area contributed by atoms with Crippen LogP contribution in [0.2, 0.25) is 0 Å². The fourth-order valence-electron chi connectivity index (χ4n) is 1.19. The highest BCUT2D eigenvalue weighted by Crippen LogP contribution is 2.08. The maximum absolute atomic E-state index is 11.4. The molecule has 0 fully saturated rings. The molecule has 0 bridgehead atoms. The van der Waals surface area contributed by atoms with Crippen molar-refractivity contribution in [3.63, 3.8) is 0 Å². The maximum atomic E-state index is 11.4. The second-order valence-electron chi connectivity index (χ2n) is 4.60. The molecule has 92 valence electrons. The van der Waals surface area contributed by atoms with E-state index in [1.807, 2.05) is 39.0 Å². The molecule has 0 saturated heterocycles. The number of nitrogens with two attached hydrogens (primary N) is 1. The fraction of sp³-hybridized carbons (Fsp3) is 0.417. The molecule has 0 aromatic heterocycles. The Balaban J connectivity index is 0. The molecule has 0 spiro atoms. The molecule has 0 atom stereocenters. The normalized spacial score (nSPS) is 10.9. The van der Waals surface area contributed by atoms with Crippen LogP contribution in [0, 0.1) is 0 Å². The molecule has 1 aromatic rings. The van der Waals surface area contributed by atoms with Gasteiger partial charge in [-0.3, -0.25) is 0 Å². The first-order valence-electron chi connectivity index (χ1n) is 5.18. The summed E-state index contributed by atoms with van der Waals surface area (Å²) in [5.74, 6) is 0. The van der Waals surface area contributed by atoms with E-state index in [-0.39, 0.29) is 2.85 Å². The average molecular weight is 226 g/mol. The van der Waals surface area contributed by atoms with Gasteiger partial charge in [0.1, 0.15) is 5.60 Å². The molecule has 4 heteroatoms. The topological polar surface area (TPSA) is 64.3 Å². The summed E-state index contributed by atoms with van der Waals surface area (Å²) in [6, 6.07) is 7.36. The van der Waals surface area contributed by atoms with E-state index in [9.17, 15) is 4.79 Å². The Bertz CT molecular complexity index is 379. The highest BCUT2D eigenvalue weighted by Gasteiger charge is 2.15. The van der Waals surface area contributed by atoms with Crippen molar-refractivity contribution in [2.24, 2.45) is 0 Å². The molecular formula is C12H22N2O2. The Kier molecular flexibility index (Phi) is 3.77. The number of nitrogens with one attached hydrogen (secondary N) is 1. The van der Waals surface area contributed by atoms with Gasteiger partial charge in [-0.1, -0.05) is 12.1 Å². The first kappa shape index (κ1) is 12.4. The summed E-state index contributed by atoms with van der Waals surface area (Å²) in [4.78, 5) is 11.4. The summed E-state index contributed by atoms with van der Waals surface area (Å²) in [5, 5.41) is 2.67. The van der Waals surface area contributed by atoms with E-state index < -0.39 is 11.7 Å². The summed E-state index contributed by atoms with van der Waals surface area (Å²) in [7, 11) is 0. The zero-order chi connectivity index (χ0) is 12.2. The van der Waals surface area contributed by atoms with E-state index in [1.54, 1.807) is 6.07 Å². The van der Waals surface area contributed by atoms with Crippen molar-refractivity contribution in [2.75, 3.05) is 5.73 Å². The molecule has 0 heterocycles. The molecule has 1 amide bonds. The summed E-state index contributed by atoms with van der Waals surface area (Å²) in [6.07, 6.45) is -0.421. The number of alkyl carbamates (subject to hydrolysis) is 1. The van der Waals surface area contributed by atoms with Crippen molar-refractivity contribution < 1.29 is 12.4 Å². The molecule has 3 N–H and O–H groups in total. The predicted molar refractivity (Wildman–Crippen MR) is 68.2 cm³/mol. The Hall–Kier alpha value is -1.71. The largest absolute Gasteiger partial charge is 0.444 e. The number of rotatable bonds is 2. The van der Waals surface area contributed by atoms with Gasteiger partial charge in [0.15, 0.2) is 0 Å². The second-order valence-corrected chi connectivity index (χ2v) is 4.60. The fourth-order valence-corrected chi connectivity index (χ4v) is 1.19. The Morgan fingerprint density at radius 1 is 1.50 bits per heavy atom. The lowest BCUT2D eigenvalue weighted by Crippen LogP contribution is -2.32. The van der Waals surface area contributed by atoms with Crippen molar-refractivity contribution in [2.45, 2.75) is 32.9 Å². The van der Waals surface area contributed by atoms with Crippen LogP contribution < -0.4 is 11.1 Å². The standard InChI is InChI=1S/C12H18N2O2.2H2/c1-12(2,3)16-11(15)14-8-9-5-4-6-10(13)7-9;;/h4-7H,8,13H2,1-3H3,(H,14,15);2*1H. The van der Waals surface area contributed by atoms with Gasteiger partial charge in [0.25, 0.3) is 0 Å². The van der Waals surface area contributed by atoms with E-state index in [0.717, 1.165) is 5.56 Å². The van der Waals surface area contributed by atoms with Gasteiger partial charge in [-0.05, 0) is 38.5 Å². The monoisotopic (exact) mass is 226 g/mol. The number of carbonyl (C=O) groups excluding carboxylic acids is 1. The lowest BCUT2D eigenvalue weighted by Gasteiger charge is -2.19. The number of anilines is 1. The van der Waals surface area contributed by atoms with Crippen LogP contribution in [-0.2, 0) is 11.3 Å². The maximum Gasteiger partial charge on any atom is 0.407 e. The molecule has 0 aliphatic rings. The molecule has 1 aromatic carbocycles. The number of carbonyl (C=O) groups is 1. The van der Waals surface area contributed by atoms with Gasteiger partial charge in [0.05, 0.1) is 0 Å². The van der Waals surface area contributed by atoms with E-state index in [2.05, 4.69) is 5.32 Å². The average Bonchev–Trinajstić information content (AvgIpc) is 2.12. The van der Waals surface area contributed by atoms with E-state index in [1.165, 1.54) is 0 Å². The number of nitrogen functional groups attached to an aromatic ring is 1. The van der Waals surface area contributed by atoms with Crippen molar-refractivity contribution in [3.8, 4) is 0 Å². The molecule has 0 radical (unpaired) electrons. The van der Waals surface area contributed by atoms with Crippen LogP contribution in [0.3, 0.4) is 0 Å². The molecule has 0 aliphatic heterocycles. The molecule has 16 heavy (non-hydrogen) atoms. The molecule has 4 nitrogen and oxygen atoms in total. The van der Waals surface area contributed by atoms with Gasteiger partial charge in [-0.2, -0.15) is 0 Å². The number of ether oxygens (including phenoxy) is 1. The predicted octanol–water partition coefficient (Wildman–Crippen LogP) is 2.79. The van der Waals surface area contributed by atoms with Gasteiger partial charge < -0.3 is 15.8 Å². The van der Waals surface area contributed by atoms with Crippen LogP contribution in [0.5, 0.6) is 0 Å². The first-order valence-corrected chi connectivity index (χ1v) is 5.18. The summed E-state index contributed by atoms with van der Waals surface area (Å²) >= 11 is 0. The lowest BCUT2D eigenvalue weighted by molar-refractivity contribution is 0.0523. The zero-order valence-electron chi connectivity index (χ0n) is 9.91. The highest BCUT2D eigenvalue weighted by atomic mass is 16.6. The minimum Gasteiger partial charge on any atom is -0.444 e. The summed E-state index contributed by atoms with van der Waals surface area (Å²) in [5.41, 5.74) is 6.78. The van der Waals surface area contributed by atoms with Crippen LogP contribution in [0.25, 0.3) is 0 Å². The SMILES string of the molecule is CC(C)(C)OC(=O)NCc1cccc(N)c1.[HH].[HH]. The van der Waals surface area contributed by atoms with Gasteiger partial charge in [-0.25, -0.2) is 4.79 Å². The van der Waals surface area contributed by atoms with Crippen LogP contribution in [-0.4, -0.2) is 11.7 Å². The van der Waals surface area contributed by atoms with Crippen LogP contribution in [0.15, 0.2) is 24.3 Å². The Labute approximate surface area is 98.8 Å². The second kappa shape index (κ2) is 4.88. The lowest BCUT2D eigenvalue weighted by atomic mass is 10.2. The molecular weight excluding hydrogens is 204 g/mol. The molecule has 0 aliphatic carbocycles. The minimum absolute atomic E-state index is 0. The molecule has 0 saturated carbocycles. The number of hydrogen-bond donors (Lipinski definition) is 2. The number of hydrogen-bond acceptors (Lipinski definition) is 3. The van der Waals surface area contributed by atoms with Gasteiger partial charge in [-0.15, -0.1) is 0 Å². The summed E-state index contributed by atoms with van der Waals surface area (Å²) in [6.45, 7) is 5.90. The quantitative estimate of drug-likeness (QED) is 0.762. The van der Waals surface area contributed by atoms with Crippen LogP contribution >= 0.6 is 0 Å². The van der Waals surface area contributed by atoms with Crippen LogP contribution in [0.4, 0.5) is 10.5 Å². The third-order valence-electron chi connectivity index (χ3n) is 1.79. The Morgan fingerprint density at radius 2 is 2.19 bits per heavy atom. The highest BCUT2D eigenvalue weighted by molar-refractivity contribution is 5.67. The first-order chi connectivity index (χ1) is 7.37. The van der Waals surface area contributed by atoms with Crippen LogP contribution in [0.1, 0.15) is 29.2 Å².